The van der Waals surface area contributed by atoms with E-state index in [0.29, 0.717) is 41.0 Å². The summed E-state index contributed by atoms with van der Waals surface area (Å²) in [6, 6.07) is 7.54. The molecule has 5 heterocycles. The molecule has 0 spiro atoms. The van der Waals surface area contributed by atoms with Gasteiger partial charge in [-0.25, -0.2) is 15.0 Å². The van der Waals surface area contributed by atoms with Crippen molar-refractivity contribution in [3.05, 3.63) is 42.4 Å². The highest BCUT2D eigenvalue weighted by Crippen LogP contribution is 2.32. The maximum atomic E-state index is 11.2. The monoisotopic (exact) mass is 490 g/mol. The van der Waals surface area contributed by atoms with Gasteiger partial charge in [-0.2, -0.15) is 5.10 Å². The van der Waals surface area contributed by atoms with E-state index in [-0.39, 0.29) is 17.4 Å². The smallest absolute Gasteiger partial charge is 0.222 e. The molecule has 0 aliphatic carbocycles. The molecule has 0 aromatic carbocycles. The number of pyridine rings is 2. The molecule has 1 aliphatic heterocycles. The predicted molar refractivity (Wildman–Crippen MR) is 136 cm³/mol. The van der Waals surface area contributed by atoms with Crippen LogP contribution in [0.15, 0.2) is 36.7 Å². The Bertz CT molecular complexity index is 1400. The summed E-state index contributed by atoms with van der Waals surface area (Å²) in [5.41, 5.74) is 2.47. The number of carbonyl (C=O) groups is 1. The van der Waals surface area contributed by atoms with E-state index in [9.17, 15) is 4.79 Å². The van der Waals surface area contributed by atoms with E-state index in [4.69, 9.17) is 19.6 Å². The first-order valence-electron chi connectivity index (χ1n) is 11.9. The average Bonchev–Trinajstić information content (AvgIpc) is 3.54. The molecule has 0 saturated carbocycles. The van der Waals surface area contributed by atoms with E-state index < -0.39 is 0 Å². The number of hydrogen-bond donors (Lipinski definition) is 2. The Kier molecular flexibility index (Phi) is 6.09. The fourth-order valence-electron chi connectivity index (χ4n) is 4.18. The minimum atomic E-state index is -0.181. The third kappa shape index (κ3) is 4.87. The van der Waals surface area contributed by atoms with Gasteiger partial charge in [0.2, 0.25) is 11.9 Å². The lowest BCUT2D eigenvalue weighted by atomic mass is 9.91. The van der Waals surface area contributed by atoms with Gasteiger partial charge in [-0.1, -0.05) is 20.8 Å². The lowest BCUT2D eigenvalue weighted by Gasteiger charge is -2.22. The summed E-state index contributed by atoms with van der Waals surface area (Å²) < 4.78 is 15.5. The van der Waals surface area contributed by atoms with Crippen LogP contribution in [0.5, 0.6) is 11.5 Å². The Morgan fingerprint density at radius 2 is 1.94 bits per heavy atom. The van der Waals surface area contributed by atoms with Crippen molar-refractivity contribution >= 4 is 34.7 Å². The van der Waals surface area contributed by atoms with Gasteiger partial charge in [-0.15, -0.1) is 0 Å². The molecule has 4 aromatic rings. The van der Waals surface area contributed by atoms with Gasteiger partial charge in [-0.05, 0) is 18.6 Å². The molecule has 1 amide bonds. The van der Waals surface area contributed by atoms with Crippen molar-refractivity contribution in [2.24, 2.45) is 7.05 Å². The fourth-order valence-corrected chi connectivity index (χ4v) is 4.18. The first kappa shape index (κ1) is 23.7. The number of aromatic nitrogens is 6. The van der Waals surface area contributed by atoms with Crippen molar-refractivity contribution in [2.45, 2.75) is 45.6 Å². The molecule has 0 radical (unpaired) electrons. The summed E-state index contributed by atoms with van der Waals surface area (Å²) >= 11 is 0. The highest BCUT2D eigenvalue weighted by Gasteiger charge is 2.28. The highest BCUT2D eigenvalue weighted by atomic mass is 16.5. The Labute approximate surface area is 208 Å². The molecule has 0 bridgehead atoms. The number of amides is 1. The number of anilines is 3. The van der Waals surface area contributed by atoms with Crippen LogP contribution in [0.2, 0.25) is 0 Å². The van der Waals surface area contributed by atoms with Crippen LogP contribution in [0.1, 0.15) is 45.9 Å². The van der Waals surface area contributed by atoms with Crippen LogP contribution in [0.25, 0.3) is 11.2 Å². The third-order valence-corrected chi connectivity index (χ3v) is 5.96. The number of imidazole rings is 1. The summed E-state index contributed by atoms with van der Waals surface area (Å²) in [5.74, 6) is 2.69. The van der Waals surface area contributed by atoms with Crippen LogP contribution in [0.4, 0.5) is 17.6 Å². The van der Waals surface area contributed by atoms with Crippen LogP contribution in [0.3, 0.4) is 0 Å². The summed E-state index contributed by atoms with van der Waals surface area (Å²) in [6.45, 7) is 9.42. The van der Waals surface area contributed by atoms with Crippen LogP contribution in [-0.4, -0.2) is 48.4 Å². The number of aryl methyl sites for hydroxylation is 1. The Hall–Kier alpha value is -3.99. The second kappa shape index (κ2) is 9.23. The van der Waals surface area contributed by atoms with Crippen molar-refractivity contribution < 1.29 is 14.3 Å². The zero-order valence-corrected chi connectivity index (χ0v) is 21.1. The SMILES string of the molecule is CC(=O)Nc1ccc(Oc2cnc3c(c2)nc(Nc2cc(C(C)(C)C)n([C@H]4CCOC4)n2)n3C)cn1. The van der Waals surface area contributed by atoms with Gasteiger partial charge >= 0.3 is 0 Å². The molecule has 1 fully saturated rings. The van der Waals surface area contributed by atoms with E-state index in [2.05, 4.69) is 52.1 Å². The molecule has 188 valence electrons. The first-order valence-corrected chi connectivity index (χ1v) is 11.9. The van der Waals surface area contributed by atoms with Gasteiger partial charge in [0.1, 0.15) is 22.8 Å². The van der Waals surface area contributed by atoms with Crippen molar-refractivity contribution in [3.8, 4) is 11.5 Å². The zero-order chi connectivity index (χ0) is 25.4. The lowest BCUT2D eigenvalue weighted by Crippen LogP contribution is -2.22. The van der Waals surface area contributed by atoms with Crippen LogP contribution < -0.4 is 15.4 Å². The maximum Gasteiger partial charge on any atom is 0.222 e. The molecule has 11 nitrogen and oxygen atoms in total. The molecule has 1 saturated heterocycles. The molecular formula is C25H30N8O3. The average molecular weight is 491 g/mol. The van der Waals surface area contributed by atoms with Gasteiger partial charge in [0.25, 0.3) is 0 Å². The molecule has 1 aliphatic rings. The van der Waals surface area contributed by atoms with Gasteiger partial charge in [0.05, 0.1) is 25.0 Å². The molecular weight excluding hydrogens is 460 g/mol. The van der Waals surface area contributed by atoms with E-state index in [1.54, 1.807) is 24.5 Å². The van der Waals surface area contributed by atoms with Crippen LogP contribution in [0, 0.1) is 0 Å². The molecule has 36 heavy (non-hydrogen) atoms. The number of nitrogens with zero attached hydrogens (tertiary/aromatic N) is 6. The first-order chi connectivity index (χ1) is 17.2. The number of rotatable bonds is 6. The number of hydrogen-bond acceptors (Lipinski definition) is 8. The minimum absolute atomic E-state index is 0.0646. The van der Waals surface area contributed by atoms with Crippen molar-refractivity contribution in [2.75, 3.05) is 23.8 Å². The quantitative estimate of drug-likeness (QED) is 0.410. The van der Waals surface area contributed by atoms with Gasteiger partial charge in [0, 0.05) is 43.8 Å². The highest BCUT2D eigenvalue weighted by molar-refractivity contribution is 5.87. The summed E-state index contributed by atoms with van der Waals surface area (Å²) in [5, 5.41) is 10.8. The number of ether oxygens (including phenoxy) is 2. The van der Waals surface area contributed by atoms with E-state index >= 15 is 0 Å². The second-order valence-corrected chi connectivity index (χ2v) is 9.92. The number of nitrogens with one attached hydrogen (secondary N) is 2. The van der Waals surface area contributed by atoms with Crippen LogP contribution in [-0.2, 0) is 22.0 Å². The predicted octanol–water partition coefficient (Wildman–Crippen LogP) is 4.31. The molecule has 0 unspecified atom stereocenters. The number of carbonyl (C=O) groups excluding carboxylic acids is 1. The van der Waals surface area contributed by atoms with Gasteiger partial charge in [0.15, 0.2) is 11.5 Å². The Balaban J connectivity index is 1.38. The largest absolute Gasteiger partial charge is 0.454 e. The fraction of sp³-hybridized carbons (Fsp3) is 0.400. The molecule has 4 aromatic heterocycles. The van der Waals surface area contributed by atoms with Crippen molar-refractivity contribution in [1.29, 1.82) is 0 Å². The minimum Gasteiger partial charge on any atom is -0.454 e. The van der Waals surface area contributed by atoms with Crippen molar-refractivity contribution in [1.82, 2.24) is 29.3 Å². The van der Waals surface area contributed by atoms with Crippen molar-refractivity contribution in [3.63, 3.8) is 0 Å². The van der Waals surface area contributed by atoms with Gasteiger partial charge in [-0.3, -0.25) is 14.0 Å². The topological polar surface area (TPSA) is 121 Å². The Morgan fingerprint density at radius 3 is 2.61 bits per heavy atom. The summed E-state index contributed by atoms with van der Waals surface area (Å²) in [4.78, 5) is 24.6. The summed E-state index contributed by atoms with van der Waals surface area (Å²) in [7, 11) is 1.91. The van der Waals surface area contributed by atoms with E-state index in [1.807, 2.05) is 17.7 Å². The molecule has 11 heteroatoms. The van der Waals surface area contributed by atoms with E-state index in [1.165, 1.54) is 6.92 Å². The summed E-state index contributed by atoms with van der Waals surface area (Å²) in [6.07, 6.45) is 4.14. The van der Waals surface area contributed by atoms with Gasteiger partial charge < -0.3 is 20.1 Å². The maximum absolute atomic E-state index is 11.2. The standard InChI is InChI=1S/C25H30N8O3/c1-15(34)28-21-7-6-17(12-26-21)36-18-10-19-23(27-13-18)32(5)24(29-19)30-22-11-20(25(2,3)4)33(31-22)16-8-9-35-14-16/h6-7,10-13,16H,8-9,14H2,1-5H3,(H,26,28,34)(H,29,30,31)/t16-/m0/s1. The second-order valence-electron chi connectivity index (χ2n) is 9.92. The lowest BCUT2D eigenvalue weighted by molar-refractivity contribution is -0.114. The zero-order valence-electron chi connectivity index (χ0n) is 21.1. The molecule has 1 atom stereocenters. The number of fused-ring (bicyclic) bond motifs is 1. The normalized spacial score (nSPS) is 15.9. The van der Waals surface area contributed by atoms with E-state index in [0.717, 1.165) is 24.5 Å². The molecule has 5 rings (SSSR count). The van der Waals surface area contributed by atoms with Crippen LogP contribution >= 0.6 is 0 Å². The molecule has 2 N–H and O–H groups in total. The Morgan fingerprint density at radius 1 is 1.14 bits per heavy atom. The third-order valence-electron chi connectivity index (χ3n) is 5.96.